The average Bonchev–Trinajstić information content (AvgIpc) is 2.97. The van der Waals surface area contributed by atoms with Crippen molar-refractivity contribution in [3.63, 3.8) is 0 Å². The van der Waals surface area contributed by atoms with Crippen molar-refractivity contribution in [2.24, 2.45) is 0 Å². The number of anilines is 1. The molecule has 3 rings (SSSR count). The highest BCUT2D eigenvalue weighted by Gasteiger charge is 2.38. The van der Waals surface area contributed by atoms with Crippen LogP contribution >= 0.6 is 0 Å². The Balaban J connectivity index is 2.10. The third-order valence-corrected chi connectivity index (χ3v) is 4.80. The van der Waals surface area contributed by atoms with E-state index in [2.05, 4.69) is 13.8 Å². The second-order valence-corrected chi connectivity index (χ2v) is 7.84. The highest BCUT2D eigenvalue weighted by Crippen LogP contribution is 2.50. The van der Waals surface area contributed by atoms with Crippen molar-refractivity contribution in [3.05, 3.63) is 28.3 Å². The minimum absolute atomic E-state index is 0.288. The maximum Gasteiger partial charge on any atom is 0.414 e. The number of rotatable bonds is 1. The molecule has 0 saturated carbocycles. The Morgan fingerprint density at radius 2 is 1.91 bits per heavy atom. The Hall–Kier alpha value is -1.84. The number of carbonyl (C=O) groups excluding carboxylic acids is 2. The Morgan fingerprint density at radius 3 is 2.52 bits per heavy atom. The fourth-order valence-corrected chi connectivity index (χ4v) is 4.06. The van der Waals surface area contributed by atoms with Crippen LogP contribution in [0, 0.1) is 0 Å². The van der Waals surface area contributed by atoms with Gasteiger partial charge in [0.1, 0.15) is 11.9 Å². The summed E-state index contributed by atoms with van der Waals surface area (Å²) in [4.78, 5) is 25.9. The Morgan fingerprint density at radius 1 is 1.26 bits per heavy atom. The van der Waals surface area contributed by atoms with Gasteiger partial charge in [-0.05, 0) is 68.2 Å². The molecule has 4 nitrogen and oxygen atoms in total. The van der Waals surface area contributed by atoms with Gasteiger partial charge in [0.15, 0.2) is 0 Å². The van der Waals surface area contributed by atoms with Gasteiger partial charge in [-0.3, -0.25) is 9.69 Å². The minimum Gasteiger partial charge on any atom is -0.443 e. The predicted molar refractivity (Wildman–Crippen MR) is 90.6 cm³/mol. The van der Waals surface area contributed by atoms with Gasteiger partial charge in [-0.1, -0.05) is 13.8 Å². The summed E-state index contributed by atoms with van der Waals surface area (Å²) in [5.74, 6) is 0.711. The largest absolute Gasteiger partial charge is 0.443 e. The molecule has 0 fully saturated rings. The van der Waals surface area contributed by atoms with Gasteiger partial charge in [-0.25, -0.2) is 4.79 Å². The van der Waals surface area contributed by atoms with Gasteiger partial charge in [0, 0.05) is 12.1 Å². The van der Waals surface area contributed by atoms with Gasteiger partial charge in [0.05, 0.1) is 5.69 Å². The van der Waals surface area contributed by atoms with Crippen LogP contribution in [0.3, 0.4) is 0 Å². The lowest BCUT2D eigenvalue weighted by molar-refractivity contribution is 0.0583. The molecule has 0 bridgehead atoms. The lowest BCUT2D eigenvalue weighted by Gasteiger charge is -2.27. The Labute approximate surface area is 137 Å². The Bertz CT molecular complexity index is 672. The van der Waals surface area contributed by atoms with Gasteiger partial charge in [-0.15, -0.1) is 0 Å². The third kappa shape index (κ3) is 2.64. The molecular weight excluding hydrogens is 290 g/mol. The van der Waals surface area contributed by atoms with Gasteiger partial charge in [0.2, 0.25) is 0 Å². The molecular formula is C19H25NO3. The van der Waals surface area contributed by atoms with E-state index in [1.54, 1.807) is 4.90 Å². The molecule has 0 N–H and O–H groups in total. The Kier molecular flexibility index (Phi) is 3.74. The standard InChI is InChI=1S/C19H25NO3/c1-11-8-12(2)16-15(11)14(10-21)9-13-6-7-20(17(13)16)18(22)23-19(3,4)5/h9-12H,6-8H2,1-5H3/t11-,12+/m0/s1. The molecule has 2 atom stereocenters. The van der Waals surface area contributed by atoms with Gasteiger partial charge in [0.25, 0.3) is 0 Å². The molecule has 0 radical (unpaired) electrons. The summed E-state index contributed by atoms with van der Waals surface area (Å²) < 4.78 is 5.57. The molecule has 2 aliphatic rings. The zero-order valence-corrected chi connectivity index (χ0v) is 14.6. The lowest BCUT2D eigenvalue weighted by Crippen LogP contribution is -2.36. The van der Waals surface area contributed by atoms with Crippen molar-refractivity contribution in [1.29, 1.82) is 0 Å². The number of nitrogens with zero attached hydrogens (tertiary/aromatic N) is 1. The number of carbonyl (C=O) groups is 2. The van der Waals surface area contributed by atoms with E-state index >= 15 is 0 Å². The van der Waals surface area contributed by atoms with Crippen LogP contribution in [-0.2, 0) is 11.2 Å². The van der Waals surface area contributed by atoms with Crippen molar-refractivity contribution in [2.45, 2.75) is 64.9 Å². The first-order chi connectivity index (χ1) is 10.7. The molecule has 23 heavy (non-hydrogen) atoms. The molecule has 0 aromatic heterocycles. The fourth-order valence-electron chi connectivity index (χ4n) is 4.06. The van der Waals surface area contributed by atoms with Crippen LogP contribution in [0.5, 0.6) is 0 Å². The van der Waals surface area contributed by atoms with Crippen molar-refractivity contribution >= 4 is 18.1 Å². The fraction of sp³-hybridized carbons (Fsp3) is 0.579. The SMILES string of the molecule is C[C@@H]1C[C@H](C)c2c(C=O)cc3c(c21)N(C(=O)OC(C)(C)C)CC3. The van der Waals surface area contributed by atoms with Gasteiger partial charge < -0.3 is 4.74 Å². The zero-order chi connectivity index (χ0) is 16.9. The maximum absolute atomic E-state index is 12.6. The highest BCUT2D eigenvalue weighted by molar-refractivity contribution is 5.94. The molecule has 1 aliphatic heterocycles. The van der Waals surface area contributed by atoms with E-state index in [-0.39, 0.29) is 6.09 Å². The first-order valence-electron chi connectivity index (χ1n) is 8.38. The first kappa shape index (κ1) is 16.0. The number of hydrogen-bond acceptors (Lipinski definition) is 3. The average molecular weight is 315 g/mol. The number of fused-ring (bicyclic) bond motifs is 3. The molecule has 1 amide bonds. The molecule has 1 heterocycles. The summed E-state index contributed by atoms with van der Waals surface area (Å²) in [6.07, 6.45) is 2.48. The molecule has 1 aromatic carbocycles. The number of hydrogen-bond donors (Lipinski definition) is 0. The van der Waals surface area contributed by atoms with Crippen molar-refractivity contribution in [1.82, 2.24) is 0 Å². The maximum atomic E-state index is 12.6. The zero-order valence-electron chi connectivity index (χ0n) is 14.6. The molecule has 124 valence electrons. The van der Waals surface area contributed by atoms with E-state index in [1.807, 2.05) is 26.8 Å². The summed E-state index contributed by atoms with van der Waals surface area (Å²) >= 11 is 0. The first-order valence-corrected chi connectivity index (χ1v) is 8.38. The van der Waals surface area contributed by atoms with Crippen molar-refractivity contribution in [2.75, 3.05) is 11.4 Å². The van der Waals surface area contributed by atoms with E-state index in [1.165, 1.54) is 5.56 Å². The molecule has 0 unspecified atom stereocenters. The minimum atomic E-state index is -0.509. The van der Waals surface area contributed by atoms with E-state index in [0.717, 1.165) is 41.5 Å². The molecule has 1 aromatic rings. The molecule has 4 heteroatoms. The molecule has 0 spiro atoms. The summed E-state index contributed by atoms with van der Waals surface area (Å²) in [6, 6.07) is 1.97. The topological polar surface area (TPSA) is 46.6 Å². The third-order valence-electron chi connectivity index (χ3n) is 4.80. The van der Waals surface area contributed by atoms with Crippen LogP contribution in [0.1, 0.15) is 79.9 Å². The number of benzene rings is 1. The number of aldehydes is 1. The monoisotopic (exact) mass is 315 g/mol. The lowest BCUT2D eigenvalue weighted by atomic mass is 9.92. The normalized spacial score (nSPS) is 22.7. The summed E-state index contributed by atoms with van der Waals surface area (Å²) in [5.41, 5.74) is 4.68. The number of ether oxygens (including phenoxy) is 1. The highest BCUT2D eigenvalue weighted by atomic mass is 16.6. The summed E-state index contributed by atoms with van der Waals surface area (Å²) in [5, 5.41) is 0. The summed E-state index contributed by atoms with van der Waals surface area (Å²) in [6.45, 7) is 10.6. The van der Waals surface area contributed by atoms with Crippen LogP contribution in [0.15, 0.2) is 6.07 Å². The predicted octanol–water partition coefficient (Wildman–Crippen LogP) is 4.41. The van der Waals surface area contributed by atoms with E-state index in [0.29, 0.717) is 18.4 Å². The number of amides is 1. The second-order valence-electron chi connectivity index (χ2n) is 7.84. The van der Waals surface area contributed by atoms with Crippen LogP contribution in [-0.4, -0.2) is 24.5 Å². The molecule has 0 saturated heterocycles. The van der Waals surface area contributed by atoms with E-state index in [4.69, 9.17) is 4.74 Å². The van der Waals surface area contributed by atoms with E-state index in [9.17, 15) is 9.59 Å². The van der Waals surface area contributed by atoms with Crippen LogP contribution in [0.25, 0.3) is 0 Å². The quantitative estimate of drug-likeness (QED) is 0.721. The summed E-state index contributed by atoms with van der Waals surface area (Å²) in [7, 11) is 0. The van der Waals surface area contributed by atoms with Crippen LogP contribution < -0.4 is 4.90 Å². The van der Waals surface area contributed by atoms with Gasteiger partial charge >= 0.3 is 6.09 Å². The van der Waals surface area contributed by atoms with Crippen LogP contribution in [0.2, 0.25) is 0 Å². The molecule has 1 aliphatic carbocycles. The van der Waals surface area contributed by atoms with Crippen molar-refractivity contribution < 1.29 is 14.3 Å². The van der Waals surface area contributed by atoms with Gasteiger partial charge in [-0.2, -0.15) is 0 Å². The smallest absolute Gasteiger partial charge is 0.414 e. The van der Waals surface area contributed by atoms with E-state index < -0.39 is 5.60 Å². The van der Waals surface area contributed by atoms with Crippen molar-refractivity contribution in [3.8, 4) is 0 Å². The van der Waals surface area contributed by atoms with Crippen LogP contribution in [0.4, 0.5) is 10.5 Å². The second kappa shape index (κ2) is 5.36.